The number of carbonyl (C=O) groups is 2. The number of hydrogen-bond acceptors (Lipinski definition) is 2. The smallest absolute Gasteiger partial charge is 0.220 e. The summed E-state index contributed by atoms with van der Waals surface area (Å²) in [6.07, 6.45) is 1.87. The van der Waals surface area contributed by atoms with Crippen molar-refractivity contribution in [3.8, 4) is 0 Å². The van der Waals surface area contributed by atoms with Crippen LogP contribution < -0.4 is 11.1 Å². The molecule has 2 amide bonds. The number of amides is 2. The molecule has 0 aliphatic carbocycles. The summed E-state index contributed by atoms with van der Waals surface area (Å²) >= 11 is 5.99. The summed E-state index contributed by atoms with van der Waals surface area (Å²) in [5.74, 6) is -0.389. The van der Waals surface area contributed by atoms with Crippen LogP contribution in [0.4, 0.5) is 0 Å². The van der Waals surface area contributed by atoms with Crippen LogP contribution in [0.3, 0.4) is 0 Å². The molecule has 0 atom stereocenters. The Bertz CT molecular complexity index is 421. The first kappa shape index (κ1) is 14.5. The maximum atomic E-state index is 11.5. The van der Waals surface area contributed by atoms with Gasteiger partial charge < -0.3 is 11.1 Å². The SMILES string of the molecule is NC(=O)CCCNC(=O)CCc1ccccc1Cl. The largest absolute Gasteiger partial charge is 0.370 e. The van der Waals surface area contributed by atoms with E-state index in [0.717, 1.165) is 5.56 Å². The van der Waals surface area contributed by atoms with Gasteiger partial charge in [-0.15, -0.1) is 0 Å². The van der Waals surface area contributed by atoms with Crippen LogP contribution in [0.25, 0.3) is 0 Å². The number of nitrogens with one attached hydrogen (secondary N) is 1. The molecule has 0 aromatic heterocycles. The average Bonchev–Trinajstić information content (AvgIpc) is 2.33. The normalized spacial score (nSPS) is 10.1. The first-order valence-corrected chi connectivity index (χ1v) is 6.26. The number of carbonyl (C=O) groups excluding carboxylic acids is 2. The molecule has 1 rings (SSSR count). The highest BCUT2D eigenvalue weighted by Gasteiger charge is 2.04. The van der Waals surface area contributed by atoms with Gasteiger partial charge in [-0.2, -0.15) is 0 Å². The summed E-state index contributed by atoms with van der Waals surface area (Å²) < 4.78 is 0. The lowest BCUT2D eigenvalue weighted by molar-refractivity contribution is -0.121. The molecule has 0 spiro atoms. The molecule has 0 unspecified atom stereocenters. The second-order valence-corrected chi connectivity index (χ2v) is 4.42. The van der Waals surface area contributed by atoms with E-state index in [2.05, 4.69) is 5.32 Å². The molecule has 5 heteroatoms. The van der Waals surface area contributed by atoms with Crippen molar-refractivity contribution >= 4 is 23.4 Å². The Morgan fingerprint density at radius 3 is 2.61 bits per heavy atom. The van der Waals surface area contributed by atoms with Crippen LogP contribution in [0.1, 0.15) is 24.8 Å². The molecule has 1 aromatic rings. The molecular formula is C13H17ClN2O2. The van der Waals surface area contributed by atoms with Crippen molar-refractivity contribution < 1.29 is 9.59 Å². The van der Waals surface area contributed by atoms with Gasteiger partial charge in [-0.1, -0.05) is 29.8 Å². The molecule has 0 aliphatic heterocycles. The molecule has 3 N–H and O–H groups in total. The van der Waals surface area contributed by atoms with Crippen LogP contribution in [0.5, 0.6) is 0 Å². The van der Waals surface area contributed by atoms with Crippen LogP contribution in [-0.2, 0) is 16.0 Å². The van der Waals surface area contributed by atoms with Gasteiger partial charge in [0.15, 0.2) is 0 Å². The van der Waals surface area contributed by atoms with E-state index in [0.29, 0.717) is 37.3 Å². The van der Waals surface area contributed by atoms with Crippen molar-refractivity contribution in [3.63, 3.8) is 0 Å². The predicted molar refractivity (Wildman–Crippen MR) is 71.2 cm³/mol. The minimum Gasteiger partial charge on any atom is -0.370 e. The lowest BCUT2D eigenvalue weighted by Gasteiger charge is -2.05. The van der Waals surface area contributed by atoms with Gasteiger partial charge >= 0.3 is 0 Å². The average molecular weight is 269 g/mol. The molecule has 18 heavy (non-hydrogen) atoms. The third-order valence-corrected chi connectivity index (χ3v) is 2.87. The van der Waals surface area contributed by atoms with Gasteiger partial charge in [0.25, 0.3) is 0 Å². The Balaban J connectivity index is 2.21. The van der Waals surface area contributed by atoms with Gasteiger partial charge in [0.1, 0.15) is 0 Å². The van der Waals surface area contributed by atoms with Crippen molar-refractivity contribution in [2.24, 2.45) is 5.73 Å². The summed E-state index contributed by atoms with van der Waals surface area (Å²) in [7, 11) is 0. The summed E-state index contributed by atoms with van der Waals surface area (Å²) in [6.45, 7) is 0.476. The molecule has 0 fully saturated rings. The van der Waals surface area contributed by atoms with E-state index in [1.54, 1.807) is 0 Å². The van der Waals surface area contributed by atoms with E-state index in [9.17, 15) is 9.59 Å². The molecule has 0 radical (unpaired) electrons. The molecule has 0 saturated heterocycles. The van der Waals surface area contributed by atoms with Gasteiger partial charge in [-0.3, -0.25) is 9.59 Å². The molecule has 0 heterocycles. The van der Waals surface area contributed by atoms with Crippen LogP contribution in [-0.4, -0.2) is 18.4 Å². The van der Waals surface area contributed by atoms with Gasteiger partial charge in [0.05, 0.1) is 0 Å². The number of benzene rings is 1. The Kier molecular flexibility index (Phi) is 6.22. The van der Waals surface area contributed by atoms with E-state index < -0.39 is 0 Å². The number of aryl methyl sites for hydroxylation is 1. The first-order chi connectivity index (χ1) is 8.59. The lowest BCUT2D eigenvalue weighted by atomic mass is 10.1. The Labute approximate surface area is 112 Å². The fourth-order valence-corrected chi connectivity index (χ4v) is 1.76. The number of halogens is 1. The van der Waals surface area contributed by atoms with Crippen molar-refractivity contribution in [2.75, 3.05) is 6.54 Å². The fourth-order valence-electron chi connectivity index (χ4n) is 1.53. The third-order valence-electron chi connectivity index (χ3n) is 2.50. The van der Waals surface area contributed by atoms with Crippen LogP contribution in [0, 0.1) is 0 Å². The predicted octanol–water partition coefficient (Wildman–Crippen LogP) is 1.65. The molecular weight excluding hydrogens is 252 g/mol. The van der Waals surface area contributed by atoms with Gasteiger partial charge in [-0.05, 0) is 24.5 Å². The van der Waals surface area contributed by atoms with Crippen molar-refractivity contribution in [1.29, 1.82) is 0 Å². The maximum absolute atomic E-state index is 11.5. The van der Waals surface area contributed by atoms with Crippen molar-refractivity contribution in [1.82, 2.24) is 5.32 Å². The minimum absolute atomic E-state index is 0.0422. The van der Waals surface area contributed by atoms with Crippen LogP contribution in [0.15, 0.2) is 24.3 Å². The fraction of sp³-hybridized carbons (Fsp3) is 0.385. The Hall–Kier alpha value is -1.55. The third kappa shape index (κ3) is 5.68. The highest BCUT2D eigenvalue weighted by Crippen LogP contribution is 2.16. The van der Waals surface area contributed by atoms with Crippen molar-refractivity contribution in [3.05, 3.63) is 34.9 Å². The molecule has 0 bridgehead atoms. The van der Waals surface area contributed by atoms with E-state index in [-0.39, 0.29) is 11.8 Å². The first-order valence-electron chi connectivity index (χ1n) is 5.88. The molecule has 0 saturated carbocycles. The van der Waals surface area contributed by atoms with Gasteiger partial charge in [0.2, 0.25) is 11.8 Å². The number of nitrogens with two attached hydrogens (primary N) is 1. The molecule has 0 aliphatic rings. The summed E-state index contributed by atoms with van der Waals surface area (Å²) in [5, 5.41) is 3.42. The Morgan fingerprint density at radius 1 is 1.22 bits per heavy atom. The van der Waals surface area contributed by atoms with E-state index in [1.165, 1.54) is 0 Å². The van der Waals surface area contributed by atoms with Crippen molar-refractivity contribution in [2.45, 2.75) is 25.7 Å². The highest BCUT2D eigenvalue weighted by atomic mass is 35.5. The maximum Gasteiger partial charge on any atom is 0.220 e. The van der Waals surface area contributed by atoms with Gasteiger partial charge in [-0.25, -0.2) is 0 Å². The highest BCUT2D eigenvalue weighted by molar-refractivity contribution is 6.31. The second kappa shape index (κ2) is 7.71. The van der Waals surface area contributed by atoms with Crippen LogP contribution >= 0.6 is 11.6 Å². The number of primary amides is 1. The Morgan fingerprint density at radius 2 is 1.94 bits per heavy atom. The molecule has 1 aromatic carbocycles. The van der Waals surface area contributed by atoms with Crippen LogP contribution in [0.2, 0.25) is 5.02 Å². The van der Waals surface area contributed by atoms with E-state index >= 15 is 0 Å². The standard InChI is InChI=1S/C13H17ClN2O2/c14-11-5-2-1-4-10(11)7-8-13(18)16-9-3-6-12(15)17/h1-2,4-5H,3,6-9H2,(H2,15,17)(H,16,18). The quantitative estimate of drug-likeness (QED) is 0.738. The molecule has 4 nitrogen and oxygen atoms in total. The topological polar surface area (TPSA) is 72.2 Å². The summed E-state index contributed by atoms with van der Waals surface area (Å²) in [6, 6.07) is 7.46. The van der Waals surface area contributed by atoms with E-state index in [4.69, 9.17) is 17.3 Å². The zero-order chi connectivity index (χ0) is 13.4. The zero-order valence-electron chi connectivity index (χ0n) is 10.1. The summed E-state index contributed by atoms with van der Waals surface area (Å²) in [5.41, 5.74) is 5.96. The minimum atomic E-state index is -0.347. The number of rotatable bonds is 7. The zero-order valence-corrected chi connectivity index (χ0v) is 10.9. The lowest BCUT2D eigenvalue weighted by Crippen LogP contribution is -2.25. The monoisotopic (exact) mass is 268 g/mol. The van der Waals surface area contributed by atoms with Gasteiger partial charge in [0, 0.05) is 24.4 Å². The summed E-state index contributed by atoms with van der Waals surface area (Å²) in [4.78, 5) is 22.0. The van der Waals surface area contributed by atoms with E-state index in [1.807, 2.05) is 24.3 Å². The second-order valence-electron chi connectivity index (χ2n) is 4.01. The number of hydrogen-bond donors (Lipinski definition) is 2. The molecule has 98 valence electrons.